The highest BCUT2D eigenvalue weighted by Gasteiger charge is 2.18. The molecule has 0 aliphatic rings. The quantitative estimate of drug-likeness (QED) is 0.854. The van der Waals surface area contributed by atoms with Gasteiger partial charge in [0, 0.05) is 0 Å². The van der Waals surface area contributed by atoms with Crippen LogP contribution in [0.15, 0.2) is 23.6 Å². The van der Waals surface area contributed by atoms with E-state index in [1.165, 1.54) is 16.9 Å². The predicted octanol–water partition coefficient (Wildman–Crippen LogP) is 4.41. The third-order valence-electron chi connectivity index (χ3n) is 2.89. The summed E-state index contributed by atoms with van der Waals surface area (Å²) < 4.78 is 0. The van der Waals surface area contributed by atoms with Crippen molar-refractivity contribution in [3.63, 3.8) is 0 Å². The first-order chi connectivity index (χ1) is 8.00. The van der Waals surface area contributed by atoms with Crippen LogP contribution in [-0.4, -0.2) is 5.11 Å². The molecule has 1 nitrogen and oxygen atoms in total. The fourth-order valence-corrected chi connectivity index (χ4v) is 3.21. The van der Waals surface area contributed by atoms with E-state index in [2.05, 4.69) is 6.07 Å². The highest BCUT2D eigenvalue weighted by molar-refractivity contribution is 7.10. The molecule has 0 radical (unpaired) electrons. The molecule has 0 saturated heterocycles. The summed E-state index contributed by atoms with van der Waals surface area (Å²) in [6, 6.07) is 6.06. The van der Waals surface area contributed by atoms with Crippen LogP contribution >= 0.6 is 22.9 Å². The summed E-state index contributed by atoms with van der Waals surface area (Å²) in [6.07, 6.45) is -0.623. The van der Waals surface area contributed by atoms with E-state index in [1.807, 2.05) is 38.3 Å². The fourth-order valence-electron chi connectivity index (χ4n) is 1.91. The first-order valence-electron chi connectivity index (χ1n) is 5.49. The number of halogens is 1. The number of hydrogen-bond donors (Lipinski definition) is 1. The maximum absolute atomic E-state index is 10.4. The molecule has 1 aromatic carbocycles. The minimum atomic E-state index is -0.623. The lowest BCUT2D eigenvalue weighted by Gasteiger charge is -2.13. The van der Waals surface area contributed by atoms with E-state index in [9.17, 15) is 5.11 Å². The highest BCUT2D eigenvalue weighted by Crippen LogP contribution is 2.36. The van der Waals surface area contributed by atoms with Gasteiger partial charge in [0.05, 0.1) is 9.90 Å². The van der Waals surface area contributed by atoms with Gasteiger partial charge in [0.2, 0.25) is 0 Å². The number of hydrogen-bond acceptors (Lipinski definition) is 2. The molecule has 1 heterocycles. The summed E-state index contributed by atoms with van der Waals surface area (Å²) in [5.41, 5.74) is 4.25. The standard InChI is InChI=1S/C14H15ClOS/c1-8-4-5-11(9(2)6-8)13(16)14-12(15)10(3)7-17-14/h4-7,13,16H,1-3H3. The summed E-state index contributed by atoms with van der Waals surface area (Å²) in [4.78, 5) is 0.830. The van der Waals surface area contributed by atoms with E-state index in [0.717, 1.165) is 21.6 Å². The van der Waals surface area contributed by atoms with Gasteiger partial charge in [0.1, 0.15) is 6.10 Å². The minimum Gasteiger partial charge on any atom is -0.383 e. The largest absolute Gasteiger partial charge is 0.383 e. The van der Waals surface area contributed by atoms with E-state index in [0.29, 0.717) is 5.02 Å². The molecule has 1 N–H and O–H groups in total. The van der Waals surface area contributed by atoms with Gasteiger partial charge in [-0.05, 0) is 42.8 Å². The SMILES string of the molecule is Cc1ccc(C(O)c2scc(C)c2Cl)c(C)c1. The highest BCUT2D eigenvalue weighted by atomic mass is 35.5. The lowest BCUT2D eigenvalue weighted by atomic mass is 10.00. The lowest BCUT2D eigenvalue weighted by molar-refractivity contribution is 0.223. The third kappa shape index (κ3) is 2.39. The van der Waals surface area contributed by atoms with Crippen molar-refractivity contribution in [3.8, 4) is 0 Å². The second-order valence-electron chi connectivity index (χ2n) is 4.36. The minimum absolute atomic E-state index is 0.623. The Balaban J connectivity index is 2.43. The van der Waals surface area contributed by atoms with Crippen LogP contribution in [0.25, 0.3) is 0 Å². The Morgan fingerprint density at radius 2 is 1.88 bits per heavy atom. The number of aliphatic hydroxyl groups excluding tert-OH is 1. The Morgan fingerprint density at radius 1 is 1.18 bits per heavy atom. The Hall–Kier alpha value is -0.830. The molecule has 17 heavy (non-hydrogen) atoms. The molecular weight excluding hydrogens is 252 g/mol. The molecule has 1 atom stereocenters. The summed E-state index contributed by atoms with van der Waals surface area (Å²) in [6.45, 7) is 6.02. The Bertz CT molecular complexity index is 545. The van der Waals surface area contributed by atoms with E-state index in [1.54, 1.807) is 0 Å². The average Bonchev–Trinajstić information content (AvgIpc) is 2.59. The van der Waals surface area contributed by atoms with Gasteiger partial charge in [0.15, 0.2) is 0 Å². The van der Waals surface area contributed by atoms with Crippen molar-refractivity contribution in [1.29, 1.82) is 0 Å². The predicted molar refractivity (Wildman–Crippen MR) is 74.0 cm³/mol. The van der Waals surface area contributed by atoms with E-state index >= 15 is 0 Å². The van der Waals surface area contributed by atoms with Crippen LogP contribution in [0.2, 0.25) is 5.02 Å². The molecule has 2 aromatic rings. The van der Waals surface area contributed by atoms with Gasteiger partial charge in [-0.3, -0.25) is 0 Å². The fraction of sp³-hybridized carbons (Fsp3) is 0.286. The van der Waals surface area contributed by atoms with E-state index in [4.69, 9.17) is 11.6 Å². The van der Waals surface area contributed by atoms with Crippen LogP contribution < -0.4 is 0 Å². The van der Waals surface area contributed by atoms with Crippen LogP contribution in [0, 0.1) is 20.8 Å². The van der Waals surface area contributed by atoms with Crippen molar-refractivity contribution in [2.24, 2.45) is 0 Å². The maximum Gasteiger partial charge on any atom is 0.115 e. The van der Waals surface area contributed by atoms with Gasteiger partial charge in [-0.15, -0.1) is 11.3 Å². The Labute approximate surface area is 111 Å². The summed E-state index contributed by atoms with van der Waals surface area (Å²) in [5, 5.41) is 13.0. The molecule has 0 amide bonds. The second-order valence-corrected chi connectivity index (χ2v) is 5.65. The summed E-state index contributed by atoms with van der Waals surface area (Å²) in [7, 11) is 0. The molecule has 0 aliphatic carbocycles. The molecular formula is C14H15ClOS. The normalized spacial score (nSPS) is 12.8. The van der Waals surface area contributed by atoms with Crippen molar-refractivity contribution < 1.29 is 5.11 Å². The molecule has 0 saturated carbocycles. The molecule has 1 unspecified atom stereocenters. The first-order valence-corrected chi connectivity index (χ1v) is 6.75. The number of thiophene rings is 1. The van der Waals surface area contributed by atoms with Crippen LogP contribution in [0.1, 0.15) is 33.2 Å². The van der Waals surface area contributed by atoms with Gasteiger partial charge in [-0.2, -0.15) is 0 Å². The number of aliphatic hydroxyl groups is 1. The molecule has 1 aromatic heterocycles. The van der Waals surface area contributed by atoms with Crippen molar-refractivity contribution >= 4 is 22.9 Å². The smallest absolute Gasteiger partial charge is 0.115 e. The van der Waals surface area contributed by atoms with Gasteiger partial charge in [-0.1, -0.05) is 35.4 Å². The van der Waals surface area contributed by atoms with Crippen molar-refractivity contribution in [1.82, 2.24) is 0 Å². The molecule has 2 rings (SSSR count). The van der Waals surface area contributed by atoms with Gasteiger partial charge >= 0.3 is 0 Å². The number of benzene rings is 1. The maximum atomic E-state index is 10.4. The molecule has 0 spiro atoms. The molecule has 0 aliphatic heterocycles. The van der Waals surface area contributed by atoms with Crippen LogP contribution in [-0.2, 0) is 0 Å². The van der Waals surface area contributed by atoms with E-state index < -0.39 is 6.10 Å². The number of aryl methyl sites for hydroxylation is 3. The third-order valence-corrected chi connectivity index (χ3v) is 4.66. The Kier molecular flexibility index (Phi) is 3.57. The zero-order chi connectivity index (χ0) is 12.6. The van der Waals surface area contributed by atoms with Gasteiger partial charge in [-0.25, -0.2) is 0 Å². The van der Waals surface area contributed by atoms with Crippen molar-refractivity contribution in [2.45, 2.75) is 26.9 Å². The monoisotopic (exact) mass is 266 g/mol. The topological polar surface area (TPSA) is 20.2 Å². The van der Waals surface area contributed by atoms with Crippen molar-refractivity contribution in [2.75, 3.05) is 0 Å². The number of rotatable bonds is 2. The summed E-state index contributed by atoms with van der Waals surface area (Å²) >= 11 is 7.70. The van der Waals surface area contributed by atoms with Crippen molar-refractivity contribution in [3.05, 3.63) is 55.7 Å². The van der Waals surface area contributed by atoms with Gasteiger partial charge < -0.3 is 5.11 Å². The van der Waals surface area contributed by atoms with Crippen LogP contribution in [0.3, 0.4) is 0 Å². The molecule has 3 heteroatoms. The molecule has 0 fully saturated rings. The Morgan fingerprint density at radius 3 is 2.41 bits per heavy atom. The second kappa shape index (κ2) is 4.81. The first kappa shape index (κ1) is 12.6. The van der Waals surface area contributed by atoms with Gasteiger partial charge in [0.25, 0.3) is 0 Å². The lowest BCUT2D eigenvalue weighted by Crippen LogP contribution is -2.00. The zero-order valence-corrected chi connectivity index (χ0v) is 11.7. The van der Waals surface area contributed by atoms with E-state index in [-0.39, 0.29) is 0 Å². The molecule has 90 valence electrons. The summed E-state index contributed by atoms with van der Waals surface area (Å²) in [5.74, 6) is 0. The zero-order valence-electron chi connectivity index (χ0n) is 10.1. The average molecular weight is 267 g/mol. The van der Waals surface area contributed by atoms with Crippen LogP contribution in [0.5, 0.6) is 0 Å². The van der Waals surface area contributed by atoms with Crippen LogP contribution in [0.4, 0.5) is 0 Å². The molecule has 0 bridgehead atoms.